The minimum atomic E-state index is -4.12. The Hall–Kier alpha value is -7.90. The third kappa shape index (κ3) is 11.9. The van der Waals surface area contributed by atoms with E-state index in [-0.39, 0.29) is 94.3 Å². The highest BCUT2D eigenvalue weighted by molar-refractivity contribution is 7.87. The Morgan fingerprint density at radius 3 is 1.91 bits per heavy atom. The number of hydrogen-bond acceptors (Lipinski definition) is 13. The molecule has 77 heavy (non-hydrogen) atoms. The van der Waals surface area contributed by atoms with E-state index in [4.69, 9.17) is 18.4 Å². The van der Waals surface area contributed by atoms with E-state index in [0.717, 1.165) is 42.3 Å². The van der Waals surface area contributed by atoms with E-state index in [0.29, 0.717) is 74.8 Å². The summed E-state index contributed by atoms with van der Waals surface area (Å²) < 4.78 is 50.9. The fourth-order valence-electron chi connectivity index (χ4n) is 10.8. The average Bonchev–Trinajstić information content (AvgIpc) is 3.94. The Morgan fingerprint density at radius 1 is 0.623 bits per heavy atom. The van der Waals surface area contributed by atoms with Crippen LogP contribution < -0.4 is 40.0 Å². The van der Waals surface area contributed by atoms with Crippen molar-refractivity contribution in [3.05, 3.63) is 141 Å². The second-order valence-electron chi connectivity index (χ2n) is 19.8. The van der Waals surface area contributed by atoms with Crippen molar-refractivity contribution >= 4 is 68.3 Å². The van der Waals surface area contributed by atoms with Gasteiger partial charge in [-0.15, -0.1) is 0 Å². The van der Waals surface area contributed by atoms with Gasteiger partial charge in [-0.1, -0.05) is 36.4 Å². The van der Waals surface area contributed by atoms with Crippen LogP contribution >= 0.6 is 0 Å². The number of Topliss-reactive ketones (excluding diaryl/α,β-unsaturated/α-hetero) is 2. The Morgan fingerprint density at radius 2 is 1.22 bits per heavy atom. The summed E-state index contributed by atoms with van der Waals surface area (Å²) in [7, 11) is -0.0132. The molecular weight excluding hydrogens is 1010 g/mol. The maximum absolute atomic E-state index is 14.4. The molecule has 0 bridgehead atoms. The van der Waals surface area contributed by atoms with Gasteiger partial charge in [0.1, 0.15) is 30.0 Å². The minimum Gasteiger partial charge on any atom is -0.493 e. The molecule has 402 valence electrons. The maximum atomic E-state index is 14.4. The maximum Gasteiger partial charge on any atom is 0.272 e. The zero-order chi connectivity index (χ0) is 54.5. The number of rotatable bonds is 21. The van der Waals surface area contributed by atoms with Crippen LogP contribution in [0.5, 0.6) is 17.2 Å². The Kier molecular flexibility index (Phi) is 16.2. The molecule has 18 nitrogen and oxygen atoms in total. The number of carbonyl (C=O) groups excluding carboxylic acids is 7. The van der Waals surface area contributed by atoms with Crippen LogP contribution in [0.2, 0.25) is 0 Å². The number of para-hydroxylation sites is 2. The summed E-state index contributed by atoms with van der Waals surface area (Å²) in [6, 6.07) is 27.0. The summed E-state index contributed by atoms with van der Waals surface area (Å²) >= 11 is 0. The van der Waals surface area contributed by atoms with Crippen LogP contribution in [0.15, 0.2) is 91.0 Å². The molecule has 3 N–H and O–H groups in total. The molecule has 0 aliphatic carbocycles. The number of nitrogens with one attached hydrogen (secondary N) is 3. The van der Waals surface area contributed by atoms with E-state index < -0.39 is 39.0 Å². The minimum absolute atomic E-state index is 0.00343. The lowest BCUT2D eigenvalue weighted by Crippen LogP contribution is -2.47. The van der Waals surface area contributed by atoms with Gasteiger partial charge in [0.25, 0.3) is 21.9 Å². The Bertz CT molecular complexity index is 3300. The van der Waals surface area contributed by atoms with Crippen LogP contribution in [0.4, 0.5) is 17.1 Å². The smallest absolute Gasteiger partial charge is 0.272 e. The molecule has 5 aromatic rings. The van der Waals surface area contributed by atoms with Crippen molar-refractivity contribution in [2.24, 2.45) is 0 Å². The first-order valence-electron chi connectivity index (χ1n) is 25.7. The number of carbonyl (C=O) groups is 7. The third-order valence-electron chi connectivity index (χ3n) is 14.8. The van der Waals surface area contributed by atoms with Gasteiger partial charge in [-0.2, -0.15) is 8.42 Å². The first kappa shape index (κ1) is 53.9. The fraction of sp³-hybridized carbons (Fsp3) is 0.362. The molecule has 4 heterocycles. The van der Waals surface area contributed by atoms with Gasteiger partial charge in [0.05, 0.1) is 26.8 Å². The monoisotopic (exact) mass is 1070 g/mol. The fourth-order valence-corrected chi connectivity index (χ4v) is 12.0. The lowest BCUT2D eigenvalue weighted by atomic mass is 9.97. The summed E-state index contributed by atoms with van der Waals surface area (Å²) in [5.74, 6) is -1.13. The summed E-state index contributed by atoms with van der Waals surface area (Å²) in [4.78, 5) is 94.1. The van der Waals surface area contributed by atoms with Crippen molar-refractivity contribution in [2.75, 3.05) is 42.9 Å². The Balaban J connectivity index is 0.923. The van der Waals surface area contributed by atoms with Crippen LogP contribution in [-0.2, 0) is 77.2 Å². The lowest BCUT2D eigenvalue weighted by molar-refractivity contribution is -0.128. The number of aryl methyl sites for hydroxylation is 2. The molecule has 5 aromatic carbocycles. The van der Waals surface area contributed by atoms with Gasteiger partial charge < -0.3 is 40.0 Å². The van der Waals surface area contributed by atoms with Gasteiger partial charge >= 0.3 is 0 Å². The summed E-state index contributed by atoms with van der Waals surface area (Å²) in [5.41, 5.74) is 8.05. The molecule has 4 aliphatic heterocycles. The SMILES string of the molecule is CNC(=O)CCC(=O)CCC(=O)NCC(=O)CCC(=O)Nc1cc(COc2cc3c(cc2C)C(=O)N2c4ccccc4C[C@H]2C(S(=O)(=O)OC)C3)cc(COc2cc3c(cc2OC)C(=O)N2c4ccccc4C[C@H]2CC3)c1. The quantitative estimate of drug-likeness (QED) is 0.0674. The van der Waals surface area contributed by atoms with Gasteiger partial charge in [-0.05, 0) is 133 Å². The first-order valence-corrected chi connectivity index (χ1v) is 27.2. The number of fused-ring (bicyclic) bond motifs is 8. The highest BCUT2D eigenvalue weighted by Gasteiger charge is 2.48. The van der Waals surface area contributed by atoms with Gasteiger partial charge in [0, 0.05) is 79.8 Å². The van der Waals surface area contributed by atoms with Crippen LogP contribution in [0.1, 0.15) is 105 Å². The molecule has 0 fully saturated rings. The number of hydrogen-bond donors (Lipinski definition) is 3. The number of ether oxygens (including phenoxy) is 3. The van der Waals surface area contributed by atoms with E-state index in [1.54, 1.807) is 42.2 Å². The molecule has 0 saturated carbocycles. The summed E-state index contributed by atoms with van der Waals surface area (Å²) in [6.07, 6.45) is 1.96. The zero-order valence-electron chi connectivity index (χ0n) is 43.4. The molecule has 0 saturated heterocycles. The highest BCUT2D eigenvalue weighted by Crippen LogP contribution is 2.43. The molecular formula is C58H61N5O13S. The van der Waals surface area contributed by atoms with Crippen LogP contribution in [0.25, 0.3) is 0 Å². The van der Waals surface area contributed by atoms with Crippen LogP contribution in [-0.4, -0.2) is 94.7 Å². The van der Waals surface area contributed by atoms with Crippen LogP contribution in [0.3, 0.4) is 0 Å². The number of ketones is 2. The normalized spacial score (nSPS) is 17.1. The molecule has 3 atom stereocenters. The second-order valence-corrected chi connectivity index (χ2v) is 21.7. The van der Waals surface area contributed by atoms with Gasteiger partial charge in [-0.3, -0.25) is 37.7 Å². The van der Waals surface area contributed by atoms with E-state index in [9.17, 15) is 42.0 Å². The van der Waals surface area contributed by atoms with Crippen molar-refractivity contribution in [1.82, 2.24) is 10.6 Å². The molecule has 4 aliphatic rings. The van der Waals surface area contributed by atoms with E-state index in [1.807, 2.05) is 59.5 Å². The largest absolute Gasteiger partial charge is 0.493 e. The predicted molar refractivity (Wildman–Crippen MR) is 286 cm³/mol. The molecule has 5 amide bonds. The lowest BCUT2D eigenvalue weighted by Gasteiger charge is -2.28. The molecule has 0 aromatic heterocycles. The van der Waals surface area contributed by atoms with E-state index >= 15 is 0 Å². The van der Waals surface area contributed by atoms with Gasteiger partial charge in [0.15, 0.2) is 17.3 Å². The topological polar surface area (TPSA) is 233 Å². The van der Waals surface area contributed by atoms with Crippen molar-refractivity contribution in [3.63, 3.8) is 0 Å². The van der Waals surface area contributed by atoms with E-state index in [1.165, 1.54) is 14.2 Å². The number of methoxy groups -OCH3 is 1. The van der Waals surface area contributed by atoms with Crippen molar-refractivity contribution in [1.29, 1.82) is 0 Å². The zero-order valence-corrected chi connectivity index (χ0v) is 44.2. The van der Waals surface area contributed by atoms with Crippen molar-refractivity contribution < 1.29 is 60.4 Å². The Labute approximate surface area is 446 Å². The average molecular weight is 1070 g/mol. The molecule has 1 unspecified atom stereocenters. The predicted octanol–water partition coefficient (Wildman–Crippen LogP) is 6.43. The molecule has 9 rings (SSSR count). The second kappa shape index (κ2) is 23.1. The van der Waals surface area contributed by atoms with Crippen LogP contribution in [0, 0.1) is 6.92 Å². The third-order valence-corrected chi connectivity index (χ3v) is 16.4. The molecule has 0 spiro atoms. The van der Waals surface area contributed by atoms with Crippen molar-refractivity contribution in [3.8, 4) is 17.2 Å². The van der Waals surface area contributed by atoms with Crippen molar-refractivity contribution in [2.45, 2.75) is 108 Å². The number of anilines is 3. The standard InChI is InChI=1S/C58H61N5O13S/c1-34-21-45-40(29-53(77(71,72)74-4)49-26-39-10-6-8-12-48(39)63(49)58(45)70)28-50(34)75-32-35-22-36(24-41(23-35)61-56(68)20-17-44(65)31-60-55(67)19-16-43(64)15-18-54(66)59-2)33-76-52-27-37-13-14-42-25-38-9-5-7-11-47(38)62(42)57(69)46(37)30-51(52)73-3/h5-12,21-24,27-28,30,42,49,53H,13-20,25-26,29,31-33H2,1-4H3,(H,59,66)(H,60,67)(H,61,68)/t42-,49+,53?/m1/s1. The summed E-state index contributed by atoms with van der Waals surface area (Å²) in [6.45, 7) is 1.44. The highest BCUT2D eigenvalue weighted by atomic mass is 32.2. The number of benzene rings is 5. The van der Waals surface area contributed by atoms with Gasteiger partial charge in [-0.25, -0.2) is 0 Å². The van der Waals surface area contributed by atoms with E-state index in [2.05, 4.69) is 22.0 Å². The number of nitrogens with zero attached hydrogens (tertiary/aromatic N) is 2. The number of amides is 5. The first-order chi connectivity index (χ1) is 37.0. The van der Waals surface area contributed by atoms with Gasteiger partial charge in [0.2, 0.25) is 17.7 Å². The molecule has 0 radical (unpaired) electrons. The summed E-state index contributed by atoms with van der Waals surface area (Å²) in [5, 5.41) is 6.74. The molecule has 19 heteroatoms.